The summed E-state index contributed by atoms with van der Waals surface area (Å²) in [5.74, 6) is 2.11. The Morgan fingerprint density at radius 1 is 0.248 bits per heavy atom. The number of para-hydroxylation sites is 6. The van der Waals surface area contributed by atoms with Crippen molar-refractivity contribution in [3.8, 4) is 45.4 Å². The van der Waals surface area contributed by atoms with Crippen molar-refractivity contribution in [3.63, 3.8) is 0 Å². The third-order valence-corrected chi connectivity index (χ3v) is 25.5. The van der Waals surface area contributed by atoms with E-state index in [-0.39, 0.29) is 5.41 Å². The van der Waals surface area contributed by atoms with E-state index in [9.17, 15) is 0 Å². The summed E-state index contributed by atoms with van der Waals surface area (Å²) < 4.78 is 23.5. The van der Waals surface area contributed by atoms with Gasteiger partial charge in [-0.1, -0.05) is 276 Å². The highest BCUT2D eigenvalue weighted by atomic mass is 16.5. The second kappa shape index (κ2) is 34.8. The molecule has 0 saturated carbocycles. The van der Waals surface area contributed by atoms with E-state index in [4.69, 9.17) is 9.47 Å². The first-order chi connectivity index (χ1) is 55.8. The van der Waals surface area contributed by atoms with Gasteiger partial charge < -0.3 is 27.7 Å². The molecule has 0 bridgehead atoms. The lowest BCUT2D eigenvalue weighted by atomic mass is 9.70. The maximum atomic E-state index is 6.89. The van der Waals surface area contributed by atoms with E-state index in [0.29, 0.717) is 0 Å². The highest BCUT2D eigenvalue weighted by molar-refractivity contribution is 6.12. The van der Waals surface area contributed by atoms with Gasteiger partial charge in [-0.15, -0.1) is 0 Å². The monoisotopic (exact) mass is 1490 g/mol. The Kier molecular flexibility index (Phi) is 23.2. The van der Waals surface area contributed by atoms with Crippen molar-refractivity contribution in [1.29, 1.82) is 0 Å². The summed E-state index contributed by atoms with van der Waals surface area (Å²) in [4.78, 5) is 0. The van der Waals surface area contributed by atoms with E-state index in [2.05, 4.69) is 301 Å². The molecular formula is C107H114N4O2. The fraction of sp³-hybridized carbons (Fsp3) is 0.327. The van der Waals surface area contributed by atoms with Gasteiger partial charge >= 0.3 is 0 Å². The van der Waals surface area contributed by atoms with Crippen LogP contribution in [0.4, 0.5) is 0 Å². The second-order valence-corrected chi connectivity index (χ2v) is 33.1. The molecule has 0 unspecified atom stereocenters. The molecule has 17 rings (SSSR count). The molecule has 0 N–H and O–H groups in total. The minimum Gasteiger partial charge on any atom is -0.493 e. The van der Waals surface area contributed by atoms with Crippen LogP contribution in [0, 0.1) is 13.8 Å². The Labute approximate surface area is 670 Å². The Hall–Kier alpha value is -10.6. The number of benzene rings is 12. The van der Waals surface area contributed by atoms with Gasteiger partial charge in [0, 0.05) is 71.3 Å². The van der Waals surface area contributed by atoms with E-state index >= 15 is 0 Å². The topological polar surface area (TPSA) is 38.2 Å². The summed E-state index contributed by atoms with van der Waals surface area (Å²) in [7, 11) is 0. The van der Waals surface area contributed by atoms with Crippen molar-refractivity contribution in [2.45, 2.75) is 213 Å². The average Bonchev–Trinajstić information content (AvgIpc) is 1.55. The first kappa shape index (κ1) is 75.1. The number of rotatable bonds is 38. The average molecular weight is 1490 g/mol. The first-order valence-electron chi connectivity index (χ1n) is 43.6. The molecule has 1 aliphatic carbocycles. The zero-order chi connectivity index (χ0) is 76.5. The number of hydrogen-bond acceptors (Lipinski definition) is 2. The third-order valence-electron chi connectivity index (χ3n) is 25.5. The molecule has 574 valence electrons. The maximum absolute atomic E-state index is 6.89. The van der Waals surface area contributed by atoms with Crippen LogP contribution < -0.4 is 9.47 Å². The molecule has 4 heterocycles. The predicted molar refractivity (Wildman–Crippen MR) is 482 cm³/mol. The number of hydrogen-bond donors (Lipinski definition) is 0. The molecule has 4 aromatic heterocycles. The van der Waals surface area contributed by atoms with Crippen LogP contribution in [0.15, 0.2) is 255 Å². The van der Waals surface area contributed by atoms with Crippen LogP contribution in [-0.4, -0.2) is 31.5 Å². The summed E-state index contributed by atoms with van der Waals surface area (Å²) in [6, 6.07) is 95.7. The minimum absolute atomic E-state index is 0.00266. The third kappa shape index (κ3) is 15.4. The van der Waals surface area contributed by atoms with Gasteiger partial charge in [-0.05, 0) is 231 Å². The van der Waals surface area contributed by atoms with Gasteiger partial charge in [-0.25, -0.2) is 0 Å². The Balaban J connectivity index is 0.506. The van der Waals surface area contributed by atoms with E-state index in [0.717, 1.165) is 50.4 Å². The van der Waals surface area contributed by atoms with Crippen molar-refractivity contribution < 1.29 is 9.47 Å². The highest BCUT2D eigenvalue weighted by Gasteiger charge is 2.43. The SMILES string of the molecule is CCCCCCCCC1(CCCCCCCC)c2cc(C)c(OCCCCCCCCc3ccc4c(c3)c3ccccc3n4-c3ccc(-n4c5ccccc5c5ccccc54)cc3)cc2-c2cc(OCCCCCCCCc3ccc4c(c3)c3ccccc3n4-c3ccc(-n4c5ccccc5c5ccccc54)cc3)c(C)cc21. The molecule has 0 radical (unpaired) electrons. The van der Waals surface area contributed by atoms with Crippen molar-refractivity contribution in [2.75, 3.05) is 13.2 Å². The molecule has 12 aromatic carbocycles. The summed E-state index contributed by atoms with van der Waals surface area (Å²) in [6.45, 7) is 10.8. The van der Waals surface area contributed by atoms with Gasteiger partial charge in [0.15, 0.2) is 0 Å². The number of aryl methyl sites for hydroxylation is 4. The fourth-order valence-corrected chi connectivity index (χ4v) is 19.6. The van der Waals surface area contributed by atoms with Crippen molar-refractivity contribution in [3.05, 3.63) is 288 Å². The van der Waals surface area contributed by atoms with Crippen LogP contribution in [0.25, 0.3) is 121 Å². The summed E-state index contributed by atoms with van der Waals surface area (Å²) in [5, 5.41) is 10.4. The molecule has 0 amide bonds. The molecule has 6 nitrogen and oxygen atoms in total. The summed E-state index contributed by atoms with van der Waals surface area (Å²) in [6.07, 6.45) is 34.8. The molecule has 113 heavy (non-hydrogen) atoms. The lowest BCUT2D eigenvalue weighted by Gasteiger charge is -2.33. The molecule has 1 aliphatic rings. The smallest absolute Gasteiger partial charge is 0.122 e. The number of ether oxygens (including phenoxy) is 2. The van der Waals surface area contributed by atoms with E-state index in [1.54, 1.807) is 11.1 Å². The van der Waals surface area contributed by atoms with E-state index < -0.39 is 0 Å². The molecular weight excluding hydrogens is 1370 g/mol. The number of nitrogens with zero attached hydrogens (tertiary/aromatic N) is 4. The van der Waals surface area contributed by atoms with E-state index in [1.807, 2.05) is 0 Å². The molecule has 0 saturated heterocycles. The van der Waals surface area contributed by atoms with Crippen LogP contribution in [0.5, 0.6) is 11.5 Å². The lowest BCUT2D eigenvalue weighted by Crippen LogP contribution is -2.26. The summed E-state index contributed by atoms with van der Waals surface area (Å²) >= 11 is 0. The molecule has 0 spiro atoms. The normalized spacial score (nSPS) is 12.7. The summed E-state index contributed by atoms with van der Waals surface area (Å²) in [5.41, 5.74) is 25.9. The molecule has 16 aromatic rings. The van der Waals surface area contributed by atoms with Crippen molar-refractivity contribution in [2.24, 2.45) is 0 Å². The largest absolute Gasteiger partial charge is 0.493 e. The van der Waals surface area contributed by atoms with Gasteiger partial charge in [0.05, 0.1) is 57.3 Å². The standard InChI is InChI=1S/C107H114N4O2/c1-5-7-9-11-19-37-67-107(68-38-20-12-10-8-6-2)95-71-77(3)105(112-69-39-21-15-13-17-23-41-79-55-65-103-93(73-79)89-47-29-35-53-101(89)110(103)83-61-57-81(58-62-83)108-97-49-31-25-43-85(97)86-44-26-32-50-98(86)108)75-91(95)92-76-106(78(4)72-96(92)107)113-70-40-22-16-14-18-24-42-80-56-66-104-94(74-80)90-48-30-36-54-102(90)111(104)84-63-59-82(60-64-84)109-99-51-33-27-45-87(99)88-46-28-34-52-100(88)109/h25-36,43-66,71-76H,5-24,37-42,67-70H2,1-4H3. The zero-order valence-electron chi connectivity index (χ0n) is 67.6. The highest BCUT2D eigenvalue weighted by Crippen LogP contribution is 2.57. The molecule has 6 heteroatoms. The number of fused-ring (bicyclic) bond motifs is 15. The van der Waals surface area contributed by atoms with Gasteiger partial charge in [0.1, 0.15) is 11.5 Å². The van der Waals surface area contributed by atoms with Gasteiger partial charge in [0.25, 0.3) is 0 Å². The van der Waals surface area contributed by atoms with Gasteiger partial charge in [0.2, 0.25) is 0 Å². The molecule has 0 atom stereocenters. The molecule has 0 fully saturated rings. The quantitative estimate of drug-likeness (QED) is 0.0362. The second-order valence-electron chi connectivity index (χ2n) is 33.1. The zero-order valence-corrected chi connectivity index (χ0v) is 67.6. The molecule has 0 aliphatic heterocycles. The Bertz CT molecular complexity index is 5500. The van der Waals surface area contributed by atoms with Crippen LogP contribution in [0.1, 0.15) is 214 Å². The first-order valence-corrected chi connectivity index (χ1v) is 43.6. The van der Waals surface area contributed by atoms with Crippen molar-refractivity contribution in [1.82, 2.24) is 18.3 Å². The Morgan fingerprint density at radius 2 is 0.513 bits per heavy atom. The van der Waals surface area contributed by atoms with Crippen molar-refractivity contribution >= 4 is 87.2 Å². The van der Waals surface area contributed by atoms with Crippen LogP contribution in [-0.2, 0) is 18.3 Å². The van der Waals surface area contributed by atoms with Crippen LogP contribution in [0.2, 0.25) is 0 Å². The fourth-order valence-electron chi connectivity index (χ4n) is 19.6. The van der Waals surface area contributed by atoms with Gasteiger partial charge in [-0.3, -0.25) is 0 Å². The maximum Gasteiger partial charge on any atom is 0.122 e. The lowest BCUT2D eigenvalue weighted by molar-refractivity contribution is 0.302. The predicted octanol–water partition coefficient (Wildman–Crippen LogP) is 30.4. The van der Waals surface area contributed by atoms with Crippen LogP contribution >= 0.6 is 0 Å². The number of unbranched alkanes of at least 4 members (excludes halogenated alkanes) is 20. The minimum atomic E-state index is 0.00266. The van der Waals surface area contributed by atoms with Crippen LogP contribution in [0.3, 0.4) is 0 Å². The van der Waals surface area contributed by atoms with Gasteiger partial charge in [-0.2, -0.15) is 0 Å². The Morgan fingerprint density at radius 3 is 0.832 bits per heavy atom. The number of aromatic nitrogens is 4. The van der Waals surface area contributed by atoms with E-state index in [1.165, 1.54) is 297 Å².